The van der Waals surface area contributed by atoms with E-state index in [9.17, 15) is 43.2 Å². The van der Waals surface area contributed by atoms with Gasteiger partial charge in [0.05, 0.1) is 26.4 Å². The molecule has 0 aromatic rings. The standard InChI is InChI=1S/C86H168O17P2/c1-7-10-12-14-16-18-20-22-24-26-28-30-32-34-36-38-43-50-56-62-68-83(88)96-74-81(102-85(90)70-64-58-52-44-39-37-35-33-31-29-27-25-23-21-19-17-15-13-11-8-2)76-100-104(92,93)98-72-80(87)73-99-105(94,95)101-77-82(75-97-84(89)69-63-57-51-47-46-49-55-61-67-79(6)9-3)103-86(91)71-65-59-53-45-41-40-42-48-54-60-66-78(4)5/h78-82,87H,7-77H2,1-6H3,(H,92,93)(H,94,95)/t79?,80-,81-,82-/m1/s1. The van der Waals surface area contributed by atoms with Crippen molar-refractivity contribution in [2.45, 2.75) is 477 Å². The second-order valence-electron chi connectivity index (χ2n) is 31.6. The predicted molar refractivity (Wildman–Crippen MR) is 432 cm³/mol. The molecule has 0 fully saturated rings. The fraction of sp³-hybridized carbons (Fsp3) is 0.953. The molecule has 0 heterocycles. The van der Waals surface area contributed by atoms with E-state index < -0.39 is 97.5 Å². The predicted octanol–water partition coefficient (Wildman–Crippen LogP) is 26.2. The monoisotopic (exact) mass is 1540 g/mol. The summed E-state index contributed by atoms with van der Waals surface area (Å²) in [6.45, 7) is 9.66. The second-order valence-corrected chi connectivity index (χ2v) is 34.6. The molecule has 3 N–H and O–H groups in total. The molecule has 0 spiro atoms. The number of aliphatic hydroxyl groups excluding tert-OH is 1. The minimum Gasteiger partial charge on any atom is -0.462 e. The molecule has 0 aliphatic carbocycles. The Kier molecular flexibility index (Phi) is 76.0. The van der Waals surface area contributed by atoms with Gasteiger partial charge in [0.2, 0.25) is 0 Å². The quantitative estimate of drug-likeness (QED) is 0.0222. The zero-order valence-electron chi connectivity index (χ0n) is 69.0. The number of rotatable bonds is 85. The van der Waals surface area contributed by atoms with Gasteiger partial charge in [0, 0.05) is 25.7 Å². The summed E-state index contributed by atoms with van der Waals surface area (Å²) in [5, 5.41) is 10.7. The highest BCUT2D eigenvalue weighted by atomic mass is 31.2. The van der Waals surface area contributed by atoms with Crippen LogP contribution < -0.4 is 0 Å². The Hall–Kier alpha value is -1.94. The van der Waals surface area contributed by atoms with Gasteiger partial charge in [-0.3, -0.25) is 37.3 Å². The van der Waals surface area contributed by atoms with Crippen molar-refractivity contribution in [3.8, 4) is 0 Å². The maximum absolute atomic E-state index is 13.2. The molecule has 0 saturated carbocycles. The third kappa shape index (κ3) is 78.5. The molecule has 0 aromatic heterocycles. The zero-order valence-corrected chi connectivity index (χ0v) is 70.8. The van der Waals surface area contributed by atoms with E-state index in [1.165, 1.54) is 276 Å². The molecule has 3 unspecified atom stereocenters. The van der Waals surface area contributed by atoms with Crippen molar-refractivity contribution < 1.29 is 80.2 Å². The van der Waals surface area contributed by atoms with Gasteiger partial charge in [-0.05, 0) is 37.5 Å². The fourth-order valence-electron chi connectivity index (χ4n) is 13.4. The number of aliphatic hydroxyl groups is 1. The first-order valence-corrected chi connectivity index (χ1v) is 47.5. The number of ether oxygens (including phenoxy) is 4. The minimum absolute atomic E-state index is 0.106. The number of hydrogen-bond acceptors (Lipinski definition) is 15. The number of phosphoric ester groups is 2. The van der Waals surface area contributed by atoms with Crippen molar-refractivity contribution in [1.29, 1.82) is 0 Å². The SMILES string of the molecule is CCCCCCCCCCCCCCCCCCCCCCC(=O)OC[C@H](COP(=O)(O)OC[C@@H](O)COP(=O)(O)OC[C@@H](COC(=O)CCCCCCCCCCC(C)CC)OC(=O)CCCCCCCCCCCCC(C)C)OC(=O)CCCCCCCCCCCCCCCCCCCCCC. The first kappa shape index (κ1) is 103. The zero-order chi connectivity index (χ0) is 77.1. The van der Waals surface area contributed by atoms with Crippen molar-refractivity contribution in [2.24, 2.45) is 11.8 Å². The van der Waals surface area contributed by atoms with E-state index in [1.807, 2.05) is 0 Å². The maximum atomic E-state index is 13.2. The molecule has 0 aromatic carbocycles. The highest BCUT2D eigenvalue weighted by Gasteiger charge is 2.30. The summed E-state index contributed by atoms with van der Waals surface area (Å²) in [5.74, 6) is -0.574. The topological polar surface area (TPSA) is 237 Å². The largest absolute Gasteiger partial charge is 0.472 e. The Morgan fingerprint density at radius 3 is 0.724 bits per heavy atom. The van der Waals surface area contributed by atoms with Gasteiger partial charge >= 0.3 is 39.5 Å². The molecule has 0 aliphatic rings. The number of carbonyl (C=O) groups is 4. The number of unbranched alkanes of at least 4 members (excludes halogenated alkanes) is 54. The molecule has 105 heavy (non-hydrogen) atoms. The van der Waals surface area contributed by atoms with E-state index in [2.05, 4.69) is 41.5 Å². The lowest BCUT2D eigenvalue weighted by atomic mass is 9.99. The van der Waals surface area contributed by atoms with Crippen LogP contribution in [-0.2, 0) is 65.4 Å². The van der Waals surface area contributed by atoms with Crippen LogP contribution in [-0.4, -0.2) is 96.7 Å². The van der Waals surface area contributed by atoms with Crippen molar-refractivity contribution in [1.82, 2.24) is 0 Å². The molecule has 0 aliphatic heterocycles. The van der Waals surface area contributed by atoms with E-state index in [0.717, 1.165) is 102 Å². The molecule has 19 heteroatoms. The van der Waals surface area contributed by atoms with Crippen LogP contribution in [0.4, 0.5) is 0 Å². The van der Waals surface area contributed by atoms with E-state index in [1.54, 1.807) is 0 Å². The van der Waals surface area contributed by atoms with Gasteiger partial charge in [0.1, 0.15) is 19.3 Å². The van der Waals surface area contributed by atoms with Gasteiger partial charge in [0.25, 0.3) is 0 Å². The van der Waals surface area contributed by atoms with Crippen LogP contribution in [0.25, 0.3) is 0 Å². The smallest absolute Gasteiger partial charge is 0.462 e. The number of hydrogen-bond donors (Lipinski definition) is 3. The molecule has 0 amide bonds. The minimum atomic E-state index is -4.97. The van der Waals surface area contributed by atoms with Crippen LogP contribution in [0.1, 0.15) is 459 Å². The summed E-state index contributed by atoms with van der Waals surface area (Å²) in [5.41, 5.74) is 0. The fourth-order valence-corrected chi connectivity index (χ4v) is 15.0. The molecular weight excluding hydrogens is 1370 g/mol. The third-order valence-electron chi connectivity index (χ3n) is 20.6. The van der Waals surface area contributed by atoms with E-state index in [-0.39, 0.29) is 25.7 Å². The molecule has 0 rings (SSSR count). The molecule has 6 atom stereocenters. The summed E-state index contributed by atoms with van der Waals surface area (Å²) in [6, 6.07) is 0. The summed E-state index contributed by atoms with van der Waals surface area (Å²) in [6.07, 6.45) is 69.5. The summed E-state index contributed by atoms with van der Waals surface area (Å²) < 4.78 is 68.9. The van der Waals surface area contributed by atoms with Crippen LogP contribution in [0.2, 0.25) is 0 Å². The van der Waals surface area contributed by atoms with Gasteiger partial charge in [0.15, 0.2) is 12.2 Å². The Morgan fingerprint density at radius 2 is 0.486 bits per heavy atom. The van der Waals surface area contributed by atoms with Gasteiger partial charge in [-0.15, -0.1) is 0 Å². The summed E-state index contributed by atoms with van der Waals surface area (Å²) >= 11 is 0. The Labute approximate surface area is 645 Å². The second kappa shape index (κ2) is 77.4. The normalized spacial score (nSPS) is 14.1. The van der Waals surface area contributed by atoms with Crippen LogP contribution in [0.5, 0.6) is 0 Å². The van der Waals surface area contributed by atoms with Crippen molar-refractivity contribution >= 4 is 39.5 Å². The van der Waals surface area contributed by atoms with Gasteiger partial charge < -0.3 is 33.8 Å². The highest BCUT2D eigenvalue weighted by molar-refractivity contribution is 7.47. The van der Waals surface area contributed by atoms with Crippen molar-refractivity contribution in [2.75, 3.05) is 39.6 Å². The van der Waals surface area contributed by atoms with Crippen LogP contribution in [0, 0.1) is 11.8 Å². The Morgan fingerprint density at radius 1 is 0.276 bits per heavy atom. The van der Waals surface area contributed by atoms with E-state index >= 15 is 0 Å². The van der Waals surface area contributed by atoms with Crippen LogP contribution >= 0.6 is 15.6 Å². The highest BCUT2D eigenvalue weighted by Crippen LogP contribution is 2.45. The lowest BCUT2D eigenvalue weighted by molar-refractivity contribution is -0.161. The van der Waals surface area contributed by atoms with Gasteiger partial charge in [-0.1, -0.05) is 408 Å². The van der Waals surface area contributed by atoms with Crippen LogP contribution in [0.3, 0.4) is 0 Å². The Balaban J connectivity index is 5.24. The maximum Gasteiger partial charge on any atom is 0.472 e. The number of phosphoric acid groups is 2. The molecule has 0 radical (unpaired) electrons. The molecular formula is C86H168O17P2. The Bertz CT molecular complexity index is 2010. The number of carbonyl (C=O) groups excluding carboxylic acids is 4. The van der Waals surface area contributed by atoms with Gasteiger partial charge in [-0.25, -0.2) is 9.13 Å². The average molecular weight is 1540 g/mol. The van der Waals surface area contributed by atoms with Crippen molar-refractivity contribution in [3.63, 3.8) is 0 Å². The first-order valence-electron chi connectivity index (χ1n) is 44.5. The first-order chi connectivity index (χ1) is 50.9. The molecule has 17 nitrogen and oxygen atoms in total. The molecule has 624 valence electrons. The van der Waals surface area contributed by atoms with Crippen LogP contribution in [0.15, 0.2) is 0 Å². The summed E-state index contributed by atoms with van der Waals surface area (Å²) in [7, 11) is -9.93. The lowest BCUT2D eigenvalue weighted by Crippen LogP contribution is -2.30. The molecule has 0 bridgehead atoms. The van der Waals surface area contributed by atoms with E-state index in [0.29, 0.717) is 25.7 Å². The van der Waals surface area contributed by atoms with Crippen molar-refractivity contribution in [3.05, 3.63) is 0 Å². The van der Waals surface area contributed by atoms with E-state index in [4.69, 9.17) is 37.0 Å². The lowest BCUT2D eigenvalue weighted by Gasteiger charge is -2.21. The van der Waals surface area contributed by atoms with Gasteiger partial charge in [-0.2, -0.15) is 0 Å². The third-order valence-corrected chi connectivity index (χ3v) is 22.5. The molecule has 0 saturated heterocycles. The number of esters is 4. The average Bonchev–Trinajstić information content (AvgIpc) is 0.913. The summed E-state index contributed by atoms with van der Waals surface area (Å²) in [4.78, 5) is 73.2.